The number of thioether (sulfide) groups is 1. The summed E-state index contributed by atoms with van der Waals surface area (Å²) >= 11 is 1.42. The van der Waals surface area contributed by atoms with E-state index in [1.54, 1.807) is 10.9 Å². The monoisotopic (exact) mass is 397 g/mol. The molecule has 0 saturated carbocycles. The van der Waals surface area contributed by atoms with E-state index in [9.17, 15) is 4.79 Å². The van der Waals surface area contributed by atoms with Crippen LogP contribution in [0.15, 0.2) is 41.8 Å². The van der Waals surface area contributed by atoms with E-state index in [4.69, 9.17) is 0 Å². The summed E-state index contributed by atoms with van der Waals surface area (Å²) in [7, 11) is 1.84. The lowest BCUT2D eigenvalue weighted by atomic mass is 9.92. The summed E-state index contributed by atoms with van der Waals surface area (Å²) in [6, 6.07) is 8.13. The van der Waals surface area contributed by atoms with Crippen molar-refractivity contribution in [2.45, 2.75) is 45.2 Å². The number of rotatable bonds is 5. The van der Waals surface area contributed by atoms with Crippen LogP contribution in [-0.4, -0.2) is 31.0 Å². The number of hydrogen-bond donors (Lipinski definition) is 1. The first-order valence-electron chi connectivity index (χ1n) is 9.24. The Kier molecular flexibility index (Phi) is 5.65. The Labute approximate surface area is 170 Å². The van der Waals surface area contributed by atoms with E-state index in [1.807, 2.05) is 29.9 Å². The molecule has 1 aromatic carbocycles. The third-order valence-electron chi connectivity index (χ3n) is 4.69. The molecule has 3 aromatic rings. The Morgan fingerprint density at radius 1 is 1.25 bits per heavy atom. The second-order valence-electron chi connectivity index (χ2n) is 7.92. The third kappa shape index (κ3) is 4.30. The molecule has 0 aliphatic carbocycles. The standard InChI is InChI=1S/C21H27N5OS/c1-14-8-7-9-16(15(14)2)26-11-10-22-20(26)28-13-19(27)23-18-12-17(21(3,4)5)24-25(18)6/h7-12H,13H2,1-6H3,(H,23,27). The lowest BCUT2D eigenvalue weighted by Crippen LogP contribution is -2.16. The summed E-state index contributed by atoms with van der Waals surface area (Å²) in [5, 5.41) is 8.24. The average molecular weight is 398 g/mol. The molecule has 28 heavy (non-hydrogen) atoms. The van der Waals surface area contributed by atoms with Crippen molar-refractivity contribution in [3.63, 3.8) is 0 Å². The number of amides is 1. The van der Waals surface area contributed by atoms with E-state index >= 15 is 0 Å². The number of hydrogen-bond acceptors (Lipinski definition) is 4. The number of anilines is 1. The van der Waals surface area contributed by atoms with Crippen molar-refractivity contribution in [2.75, 3.05) is 11.1 Å². The van der Waals surface area contributed by atoms with Gasteiger partial charge in [-0.1, -0.05) is 44.7 Å². The van der Waals surface area contributed by atoms with Crippen molar-refractivity contribution >= 4 is 23.5 Å². The highest BCUT2D eigenvalue weighted by molar-refractivity contribution is 7.99. The molecule has 2 aromatic heterocycles. The summed E-state index contributed by atoms with van der Waals surface area (Å²) in [6.45, 7) is 10.5. The number of carbonyl (C=O) groups excluding carboxylic acids is 1. The lowest BCUT2D eigenvalue weighted by Gasteiger charge is -2.13. The molecular formula is C21H27N5OS. The Bertz CT molecular complexity index is 997. The Balaban J connectivity index is 1.69. The smallest absolute Gasteiger partial charge is 0.235 e. The first-order valence-corrected chi connectivity index (χ1v) is 10.2. The number of aryl methyl sites for hydroxylation is 2. The van der Waals surface area contributed by atoms with Crippen molar-refractivity contribution in [3.05, 3.63) is 53.5 Å². The summed E-state index contributed by atoms with van der Waals surface area (Å²) in [6.07, 6.45) is 3.69. The van der Waals surface area contributed by atoms with Crippen LogP contribution in [0.2, 0.25) is 0 Å². The molecule has 0 aliphatic rings. The predicted octanol–water partition coefficient (Wildman–Crippen LogP) is 4.25. The molecule has 0 atom stereocenters. The maximum absolute atomic E-state index is 12.5. The molecule has 3 rings (SSSR count). The van der Waals surface area contributed by atoms with Gasteiger partial charge in [0.15, 0.2) is 5.16 Å². The van der Waals surface area contributed by atoms with E-state index < -0.39 is 0 Å². The maximum atomic E-state index is 12.5. The van der Waals surface area contributed by atoms with Gasteiger partial charge in [0.25, 0.3) is 0 Å². The topological polar surface area (TPSA) is 64.7 Å². The van der Waals surface area contributed by atoms with E-state index in [0.717, 1.165) is 16.5 Å². The van der Waals surface area contributed by atoms with Gasteiger partial charge in [-0.25, -0.2) is 4.98 Å². The lowest BCUT2D eigenvalue weighted by molar-refractivity contribution is -0.113. The minimum atomic E-state index is -0.0797. The molecule has 0 bridgehead atoms. The van der Waals surface area contributed by atoms with Crippen LogP contribution in [0.1, 0.15) is 37.6 Å². The number of nitrogens with one attached hydrogen (secondary N) is 1. The summed E-state index contributed by atoms with van der Waals surface area (Å²) in [5.41, 5.74) is 4.40. The highest BCUT2D eigenvalue weighted by atomic mass is 32.2. The number of benzene rings is 1. The molecule has 0 unspecified atom stereocenters. The molecule has 0 spiro atoms. The molecule has 0 aliphatic heterocycles. The van der Waals surface area contributed by atoms with E-state index in [1.165, 1.54) is 22.9 Å². The van der Waals surface area contributed by atoms with Crippen molar-refractivity contribution < 1.29 is 4.79 Å². The van der Waals surface area contributed by atoms with Gasteiger partial charge in [0, 0.05) is 30.9 Å². The highest BCUT2D eigenvalue weighted by Crippen LogP contribution is 2.25. The largest absolute Gasteiger partial charge is 0.310 e. The van der Waals surface area contributed by atoms with Gasteiger partial charge in [0.2, 0.25) is 5.91 Å². The molecule has 2 heterocycles. The molecule has 0 saturated heterocycles. The molecule has 148 valence electrons. The summed E-state index contributed by atoms with van der Waals surface area (Å²) in [5.74, 6) is 0.898. The first-order chi connectivity index (χ1) is 13.2. The Morgan fingerprint density at radius 3 is 2.68 bits per heavy atom. The van der Waals surface area contributed by atoms with Crippen LogP contribution in [0.4, 0.5) is 5.82 Å². The number of carbonyl (C=O) groups is 1. The van der Waals surface area contributed by atoms with Crippen LogP contribution in [0, 0.1) is 13.8 Å². The Morgan fingerprint density at radius 2 is 2.00 bits per heavy atom. The van der Waals surface area contributed by atoms with Gasteiger partial charge in [-0.2, -0.15) is 5.10 Å². The number of imidazole rings is 1. The molecular weight excluding hydrogens is 370 g/mol. The summed E-state index contributed by atoms with van der Waals surface area (Å²) in [4.78, 5) is 16.9. The SMILES string of the molecule is Cc1cccc(-n2ccnc2SCC(=O)Nc2cc(C(C)(C)C)nn2C)c1C. The van der Waals surface area contributed by atoms with E-state index in [0.29, 0.717) is 5.82 Å². The normalized spacial score (nSPS) is 11.6. The number of nitrogens with zero attached hydrogens (tertiary/aromatic N) is 4. The van der Waals surface area contributed by atoms with Crippen LogP contribution < -0.4 is 5.32 Å². The molecule has 1 amide bonds. The molecule has 0 radical (unpaired) electrons. The molecule has 1 N–H and O–H groups in total. The fourth-order valence-electron chi connectivity index (χ4n) is 2.84. The number of aromatic nitrogens is 4. The fourth-order valence-corrected chi connectivity index (χ4v) is 3.60. The zero-order valence-electron chi connectivity index (χ0n) is 17.3. The van der Waals surface area contributed by atoms with Gasteiger partial charge in [0.1, 0.15) is 5.82 Å². The summed E-state index contributed by atoms with van der Waals surface area (Å²) < 4.78 is 3.74. The van der Waals surface area contributed by atoms with Gasteiger partial charge in [-0.15, -0.1) is 0 Å². The third-order valence-corrected chi connectivity index (χ3v) is 5.66. The van der Waals surface area contributed by atoms with Gasteiger partial charge in [-0.3, -0.25) is 14.0 Å². The molecule has 0 fully saturated rings. The Hall–Kier alpha value is -2.54. The van der Waals surface area contributed by atoms with Crippen molar-refractivity contribution in [2.24, 2.45) is 7.05 Å². The second-order valence-corrected chi connectivity index (χ2v) is 8.87. The highest BCUT2D eigenvalue weighted by Gasteiger charge is 2.20. The average Bonchev–Trinajstić information content (AvgIpc) is 3.22. The van der Waals surface area contributed by atoms with Crippen LogP contribution >= 0.6 is 11.8 Å². The quantitative estimate of drug-likeness (QED) is 0.654. The van der Waals surface area contributed by atoms with Crippen molar-refractivity contribution in [1.82, 2.24) is 19.3 Å². The van der Waals surface area contributed by atoms with Gasteiger partial charge < -0.3 is 5.32 Å². The van der Waals surface area contributed by atoms with Crippen LogP contribution in [0.25, 0.3) is 5.69 Å². The van der Waals surface area contributed by atoms with Crippen LogP contribution in [0.3, 0.4) is 0 Å². The maximum Gasteiger partial charge on any atom is 0.235 e. The molecule has 6 nitrogen and oxygen atoms in total. The fraction of sp³-hybridized carbons (Fsp3) is 0.381. The van der Waals surface area contributed by atoms with Crippen molar-refractivity contribution in [1.29, 1.82) is 0 Å². The molecule has 7 heteroatoms. The van der Waals surface area contributed by atoms with Crippen LogP contribution in [0.5, 0.6) is 0 Å². The van der Waals surface area contributed by atoms with Gasteiger partial charge in [-0.05, 0) is 31.0 Å². The zero-order valence-corrected chi connectivity index (χ0v) is 18.1. The minimum absolute atomic E-state index is 0.0636. The first kappa shape index (κ1) is 20.2. The zero-order chi connectivity index (χ0) is 20.5. The van der Waals surface area contributed by atoms with Gasteiger partial charge in [0.05, 0.1) is 17.1 Å². The van der Waals surface area contributed by atoms with Crippen molar-refractivity contribution in [3.8, 4) is 5.69 Å². The predicted molar refractivity (Wildman–Crippen MR) is 114 cm³/mol. The van der Waals surface area contributed by atoms with Crippen LogP contribution in [-0.2, 0) is 17.3 Å². The second kappa shape index (κ2) is 7.83. The van der Waals surface area contributed by atoms with Gasteiger partial charge >= 0.3 is 0 Å². The minimum Gasteiger partial charge on any atom is -0.310 e. The van der Waals surface area contributed by atoms with E-state index in [-0.39, 0.29) is 17.1 Å². The van der Waals surface area contributed by atoms with E-state index in [2.05, 4.69) is 62.2 Å².